The van der Waals surface area contributed by atoms with E-state index in [1.165, 1.54) is 31.0 Å². The minimum absolute atomic E-state index is 0.0439. The Morgan fingerprint density at radius 2 is 1.87 bits per heavy atom. The van der Waals surface area contributed by atoms with Crippen LogP contribution in [-0.2, 0) is 14.3 Å². The van der Waals surface area contributed by atoms with Gasteiger partial charge in [0.2, 0.25) is 0 Å². The van der Waals surface area contributed by atoms with E-state index in [-0.39, 0.29) is 11.4 Å². The lowest BCUT2D eigenvalue weighted by Crippen LogP contribution is -2.24. The minimum Gasteiger partial charge on any atom is -0.475 e. The van der Waals surface area contributed by atoms with Crippen LogP contribution in [-0.4, -0.2) is 43.1 Å². The van der Waals surface area contributed by atoms with Crippen molar-refractivity contribution in [1.29, 1.82) is 0 Å². The normalized spacial score (nSPS) is 13.0. The van der Waals surface area contributed by atoms with Crippen molar-refractivity contribution < 1.29 is 24.0 Å². The number of para-hydroxylation sites is 2. The highest BCUT2D eigenvalue weighted by Gasteiger charge is 2.17. The van der Waals surface area contributed by atoms with E-state index in [1.54, 1.807) is 6.07 Å². The molecule has 0 radical (unpaired) electrons. The van der Waals surface area contributed by atoms with Crippen molar-refractivity contribution in [3.8, 4) is 5.75 Å². The summed E-state index contributed by atoms with van der Waals surface area (Å²) in [6.45, 7) is 2.96. The van der Waals surface area contributed by atoms with Crippen LogP contribution in [0.3, 0.4) is 0 Å². The number of ether oxygens (including phenoxy) is 2. The molecule has 1 fully saturated rings. The van der Waals surface area contributed by atoms with Crippen molar-refractivity contribution >= 4 is 28.9 Å². The molecular formula is C21H23N3O6. The number of nitro benzene ring substituents is 1. The zero-order valence-electron chi connectivity index (χ0n) is 16.6. The maximum atomic E-state index is 12.1. The highest BCUT2D eigenvalue weighted by Crippen LogP contribution is 2.26. The standard InChI is InChI=1S/C21H23N3O6/c1-15-12-16(23-10-4-5-11-23)8-9-17(15)22-20(25)13-30-21(26)14-29-19-7-3-2-6-18(19)24(27)28/h2-3,6-9,12H,4-5,10-11,13-14H2,1H3,(H,22,25). The van der Waals surface area contributed by atoms with Gasteiger partial charge in [0.05, 0.1) is 4.92 Å². The molecule has 2 aromatic carbocycles. The first-order chi connectivity index (χ1) is 14.4. The molecule has 3 rings (SSSR count). The molecule has 0 aromatic heterocycles. The summed E-state index contributed by atoms with van der Waals surface area (Å²) < 4.78 is 10.0. The van der Waals surface area contributed by atoms with Crippen LogP contribution in [0.1, 0.15) is 18.4 Å². The van der Waals surface area contributed by atoms with Gasteiger partial charge in [-0.15, -0.1) is 0 Å². The van der Waals surface area contributed by atoms with E-state index in [9.17, 15) is 19.7 Å². The fourth-order valence-electron chi connectivity index (χ4n) is 3.20. The Morgan fingerprint density at radius 3 is 2.57 bits per heavy atom. The fraction of sp³-hybridized carbons (Fsp3) is 0.333. The van der Waals surface area contributed by atoms with E-state index < -0.39 is 30.0 Å². The van der Waals surface area contributed by atoms with E-state index >= 15 is 0 Å². The maximum absolute atomic E-state index is 12.1. The molecule has 1 N–H and O–H groups in total. The molecule has 0 atom stereocenters. The van der Waals surface area contributed by atoms with Gasteiger partial charge in [0, 0.05) is 30.5 Å². The van der Waals surface area contributed by atoms with Crippen molar-refractivity contribution in [1.82, 2.24) is 0 Å². The van der Waals surface area contributed by atoms with Crippen LogP contribution in [0, 0.1) is 17.0 Å². The lowest BCUT2D eigenvalue weighted by molar-refractivity contribution is -0.385. The Hall–Kier alpha value is -3.62. The number of benzene rings is 2. The van der Waals surface area contributed by atoms with Crippen LogP contribution in [0.15, 0.2) is 42.5 Å². The monoisotopic (exact) mass is 413 g/mol. The molecule has 0 saturated carbocycles. The van der Waals surface area contributed by atoms with Crippen molar-refractivity contribution in [3.05, 3.63) is 58.1 Å². The smallest absolute Gasteiger partial charge is 0.344 e. The third kappa shape index (κ3) is 5.47. The van der Waals surface area contributed by atoms with E-state index in [2.05, 4.69) is 10.2 Å². The summed E-state index contributed by atoms with van der Waals surface area (Å²) in [5.41, 5.74) is 2.44. The number of esters is 1. The summed E-state index contributed by atoms with van der Waals surface area (Å²) in [5.74, 6) is -1.33. The SMILES string of the molecule is Cc1cc(N2CCCC2)ccc1NC(=O)COC(=O)COc1ccccc1[N+](=O)[O-]. The van der Waals surface area contributed by atoms with Crippen LogP contribution in [0.5, 0.6) is 5.75 Å². The van der Waals surface area contributed by atoms with E-state index in [4.69, 9.17) is 9.47 Å². The van der Waals surface area contributed by atoms with Crippen molar-refractivity contribution in [2.45, 2.75) is 19.8 Å². The molecule has 158 valence electrons. The third-order valence-corrected chi connectivity index (χ3v) is 4.73. The molecule has 2 aromatic rings. The van der Waals surface area contributed by atoms with Crippen molar-refractivity contribution in [2.24, 2.45) is 0 Å². The second-order valence-corrected chi connectivity index (χ2v) is 6.92. The van der Waals surface area contributed by atoms with Gasteiger partial charge < -0.3 is 19.7 Å². The van der Waals surface area contributed by atoms with Gasteiger partial charge in [0.25, 0.3) is 5.91 Å². The van der Waals surface area contributed by atoms with Crippen LogP contribution < -0.4 is 15.0 Å². The van der Waals surface area contributed by atoms with E-state index in [0.29, 0.717) is 5.69 Å². The fourth-order valence-corrected chi connectivity index (χ4v) is 3.20. The minimum atomic E-state index is -0.801. The number of anilines is 2. The molecule has 0 aliphatic carbocycles. The number of amides is 1. The average Bonchev–Trinajstić information content (AvgIpc) is 3.27. The Balaban J connectivity index is 1.46. The van der Waals surface area contributed by atoms with Gasteiger partial charge in [0.15, 0.2) is 19.0 Å². The summed E-state index contributed by atoms with van der Waals surface area (Å²) in [6, 6.07) is 11.5. The van der Waals surface area contributed by atoms with Gasteiger partial charge in [0.1, 0.15) is 0 Å². The molecule has 1 amide bonds. The first-order valence-corrected chi connectivity index (χ1v) is 9.61. The zero-order chi connectivity index (χ0) is 21.5. The number of aryl methyl sites for hydroxylation is 1. The number of nitrogens with zero attached hydrogens (tertiary/aromatic N) is 2. The molecule has 9 heteroatoms. The molecule has 0 unspecified atom stereocenters. The van der Waals surface area contributed by atoms with Gasteiger partial charge >= 0.3 is 11.7 Å². The zero-order valence-corrected chi connectivity index (χ0v) is 16.6. The number of nitrogens with one attached hydrogen (secondary N) is 1. The number of hydrogen-bond donors (Lipinski definition) is 1. The van der Waals surface area contributed by atoms with Crippen molar-refractivity contribution in [3.63, 3.8) is 0 Å². The third-order valence-electron chi connectivity index (χ3n) is 4.73. The Bertz CT molecular complexity index is 940. The van der Waals surface area contributed by atoms with Gasteiger partial charge in [-0.1, -0.05) is 12.1 Å². The maximum Gasteiger partial charge on any atom is 0.344 e. The number of hydrogen-bond acceptors (Lipinski definition) is 7. The summed E-state index contributed by atoms with van der Waals surface area (Å²) in [4.78, 5) is 36.5. The predicted octanol–water partition coefficient (Wildman–Crippen LogP) is 3.06. The second kappa shape index (κ2) is 9.73. The molecule has 0 bridgehead atoms. The van der Waals surface area contributed by atoms with Crippen molar-refractivity contribution in [2.75, 3.05) is 36.5 Å². The summed E-state index contributed by atoms with van der Waals surface area (Å²) in [5, 5.41) is 13.6. The quantitative estimate of drug-likeness (QED) is 0.402. The van der Waals surface area contributed by atoms with Crippen LogP contribution >= 0.6 is 0 Å². The Kier molecular flexibility index (Phi) is 6.84. The summed E-state index contributed by atoms with van der Waals surface area (Å²) >= 11 is 0. The highest BCUT2D eigenvalue weighted by molar-refractivity contribution is 5.93. The van der Waals surface area contributed by atoms with Crippen LogP contribution in [0.25, 0.3) is 0 Å². The summed E-state index contributed by atoms with van der Waals surface area (Å²) in [7, 11) is 0. The van der Waals surface area contributed by atoms with Gasteiger partial charge in [-0.3, -0.25) is 14.9 Å². The number of carbonyl (C=O) groups excluding carboxylic acids is 2. The first-order valence-electron chi connectivity index (χ1n) is 9.61. The molecule has 1 aliphatic heterocycles. The Labute approximate surface area is 173 Å². The lowest BCUT2D eigenvalue weighted by atomic mass is 10.1. The largest absolute Gasteiger partial charge is 0.475 e. The molecule has 0 spiro atoms. The number of rotatable bonds is 8. The van der Waals surface area contributed by atoms with E-state index in [0.717, 1.165) is 24.3 Å². The molecule has 1 aliphatic rings. The van der Waals surface area contributed by atoms with Gasteiger partial charge in [-0.05, 0) is 49.6 Å². The van der Waals surface area contributed by atoms with Crippen LogP contribution in [0.2, 0.25) is 0 Å². The lowest BCUT2D eigenvalue weighted by Gasteiger charge is -2.19. The second-order valence-electron chi connectivity index (χ2n) is 6.92. The Morgan fingerprint density at radius 1 is 1.13 bits per heavy atom. The molecule has 30 heavy (non-hydrogen) atoms. The van der Waals surface area contributed by atoms with E-state index in [1.807, 2.05) is 25.1 Å². The number of nitro groups is 1. The number of carbonyl (C=O) groups is 2. The predicted molar refractivity (Wildman–Crippen MR) is 111 cm³/mol. The average molecular weight is 413 g/mol. The van der Waals surface area contributed by atoms with Gasteiger partial charge in [-0.25, -0.2) is 4.79 Å². The molecule has 9 nitrogen and oxygen atoms in total. The summed E-state index contributed by atoms with van der Waals surface area (Å²) in [6.07, 6.45) is 2.37. The molecule has 1 heterocycles. The van der Waals surface area contributed by atoms with Crippen LogP contribution in [0.4, 0.5) is 17.1 Å². The highest BCUT2D eigenvalue weighted by atomic mass is 16.6. The molecule has 1 saturated heterocycles. The topological polar surface area (TPSA) is 111 Å². The first kappa shape index (κ1) is 21.1. The molecular weight excluding hydrogens is 390 g/mol. The van der Waals surface area contributed by atoms with Gasteiger partial charge in [-0.2, -0.15) is 0 Å².